The summed E-state index contributed by atoms with van der Waals surface area (Å²) in [5.74, 6) is 0.932. The highest BCUT2D eigenvalue weighted by atomic mass is 32.2. The van der Waals surface area contributed by atoms with Crippen molar-refractivity contribution in [3.05, 3.63) is 29.8 Å². The molecule has 0 spiro atoms. The number of rotatable bonds is 3. The maximum atomic E-state index is 13.2. The molecule has 2 atom stereocenters. The number of hydrogen-bond donors (Lipinski definition) is 1. The number of pyridine rings is 1. The minimum atomic E-state index is -0.260. The SMILES string of the molecule is CNC(c1cncc(F)c1)C1(C)CCCS1. The van der Waals surface area contributed by atoms with Crippen LogP contribution in [-0.4, -0.2) is 22.5 Å². The molecule has 88 valence electrons. The Morgan fingerprint density at radius 3 is 2.94 bits per heavy atom. The second-order valence-corrected chi connectivity index (χ2v) is 6.05. The molecule has 4 heteroatoms. The number of hydrogen-bond acceptors (Lipinski definition) is 3. The molecular weight excluding hydrogens is 223 g/mol. The molecule has 0 saturated carbocycles. The third-order valence-electron chi connectivity index (χ3n) is 3.21. The van der Waals surface area contributed by atoms with E-state index in [-0.39, 0.29) is 16.6 Å². The highest BCUT2D eigenvalue weighted by Gasteiger charge is 2.38. The molecule has 1 aliphatic heterocycles. The standard InChI is InChI=1S/C12H17FN2S/c1-12(4-3-5-16-12)11(14-2)9-6-10(13)8-15-7-9/h6-8,11,14H,3-5H2,1-2H3. The van der Waals surface area contributed by atoms with Gasteiger partial charge in [0.25, 0.3) is 0 Å². The Balaban J connectivity index is 2.28. The van der Waals surface area contributed by atoms with Crippen molar-refractivity contribution >= 4 is 11.8 Å². The fourth-order valence-electron chi connectivity index (χ4n) is 2.44. The average Bonchev–Trinajstić information content (AvgIpc) is 2.67. The monoisotopic (exact) mass is 240 g/mol. The van der Waals surface area contributed by atoms with Crippen LogP contribution in [0.4, 0.5) is 4.39 Å². The smallest absolute Gasteiger partial charge is 0.141 e. The van der Waals surface area contributed by atoms with Crippen LogP contribution in [0, 0.1) is 5.82 Å². The Hall–Kier alpha value is -0.610. The van der Waals surface area contributed by atoms with Crippen LogP contribution in [0.3, 0.4) is 0 Å². The summed E-state index contributed by atoms with van der Waals surface area (Å²) < 4.78 is 13.3. The van der Waals surface area contributed by atoms with Gasteiger partial charge in [-0.2, -0.15) is 11.8 Å². The van der Waals surface area contributed by atoms with E-state index in [4.69, 9.17) is 0 Å². The van der Waals surface area contributed by atoms with Gasteiger partial charge in [0.05, 0.1) is 6.20 Å². The largest absolute Gasteiger partial charge is 0.312 e. The Bertz CT molecular complexity index is 364. The number of thioether (sulfide) groups is 1. The molecule has 1 aromatic heterocycles. The van der Waals surface area contributed by atoms with E-state index in [1.54, 1.807) is 12.3 Å². The first-order chi connectivity index (χ1) is 7.65. The van der Waals surface area contributed by atoms with Crippen LogP contribution >= 0.6 is 11.8 Å². The summed E-state index contributed by atoms with van der Waals surface area (Å²) in [4.78, 5) is 3.93. The summed E-state index contributed by atoms with van der Waals surface area (Å²) in [6.07, 6.45) is 5.41. The molecule has 0 aromatic carbocycles. The van der Waals surface area contributed by atoms with E-state index in [2.05, 4.69) is 17.2 Å². The van der Waals surface area contributed by atoms with Crippen LogP contribution in [0.25, 0.3) is 0 Å². The average molecular weight is 240 g/mol. The maximum Gasteiger partial charge on any atom is 0.141 e. The summed E-state index contributed by atoms with van der Waals surface area (Å²) in [6, 6.07) is 1.75. The van der Waals surface area contributed by atoms with Gasteiger partial charge in [0.15, 0.2) is 0 Å². The van der Waals surface area contributed by atoms with Crippen LogP contribution < -0.4 is 5.32 Å². The molecule has 0 amide bonds. The van der Waals surface area contributed by atoms with Gasteiger partial charge < -0.3 is 5.32 Å². The van der Waals surface area contributed by atoms with Crippen molar-refractivity contribution in [2.45, 2.75) is 30.6 Å². The molecule has 0 aliphatic carbocycles. The Kier molecular flexibility index (Phi) is 3.50. The molecule has 0 radical (unpaired) electrons. The molecule has 1 aliphatic rings. The van der Waals surface area contributed by atoms with E-state index >= 15 is 0 Å². The second-order valence-electron chi connectivity index (χ2n) is 4.42. The zero-order valence-electron chi connectivity index (χ0n) is 9.66. The fraction of sp³-hybridized carbons (Fsp3) is 0.583. The molecule has 16 heavy (non-hydrogen) atoms. The third kappa shape index (κ3) is 2.23. The van der Waals surface area contributed by atoms with Gasteiger partial charge in [-0.25, -0.2) is 4.39 Å². The zero-order valence-corrected chi connectivity index (χ0v) is 10.5. The zero-order chi connectivity index (χ0) is 11.6. The summed E-state index contributed by atoms with van der Waals surface area (Å²) in [7, 11) is 1.93. The van der Waals surface area contributed by atoms with Gasteiger partial charge in [0.2, 0.25) is 0 Å². The van der Waals surface area contributed by atoms with Crippen molar-refractivity contribution in [1.29, 1.82) is 0 Å². The van der Waals surface area contributed by atoms with Crippen LogP contribution in [0.5, 0.6) is 0 Å². The highest BCUT2D eigenvalue weighted by Crippen LogP contribution is 2.46. The van der Waals surface area contributed by atoms with Crippen molar-refractivity contribution in [3.8, 4) is 0 Å². The van der Waals surface area contributed by atoms with Crippen molar-refractivity contribution in [3.63, 3.8) is 0 Å². The van der Waals surface area contributed by atoms with E-state index < -0.39 is 0 Å². The van der Waals surface area contributed by atoms with Gasteiger partial charge in [-0.05, 0) is 44.2 Å². The van der Waals surface area contributed by atoms with E-state index in [9.17, 15) is 4.39 Å². The minimum Gasteiger partial charge on any atom is -0.312 e. The molecule has 2 heterocycles. The molecule has 1 fully saturated rings. The first-order valence-corrected chi connectivity index (χ1v) is 6.56. The number of aromatic nitrogens is 1. The van der Waals surface area contributed by atoms with Crippen LogP contribution in [-0.2, 0) is 0 Å². The van der Waals surface area contributed by atoms with Gasteiger partial charge in [-0.15, -0.1) is 0 Å². The van der Waals surface area contributed by atoms with Crippen molar-refractivity contribution < 1.29 is 4.39 Å². The molecule has 1 N–H and O–H groups in total. The van der Waals surface area contributed by atoms with Gasteiger partial charge in [0, 0.05) is 17.0 Å². The Morgan fingerprint density at radius 2 is 2.38 bits per heavy atom. The van der Waals surface area contributed by atoms with Gasteiger partial charge in [-0.1, -0.05) is 0 Å². The lowest BCUT2D eigenvalue weighted by Crippen LogP contribution is -2.35. The first-order valence-electron chi connectivity index (χ1n) is 5.57. The minimum absolute atomic E-state index is 0.157. The summed E-state index contributed by atoms with van der Waals surface area (Å²) >= 11 is 1.97. The van der Waals surface area contributed by atoms with Gasteiger partial charge >= 0.3 is 0 Å². The van der Waals surface area contributed by atoms with E-state index in [0.29, 0.717) is 0 Å². The lowest BCUT2D eigenvalue weighted by molar-refractivity contribution is 0.437. The van der Waals surface area contributed by atoms with Crippen molar-refractivity contribution in [2.24, 2.45) is 0 Å². The quantitative estimate of drug-likeness (QED) is 0.879. The molecule has 2 rings (SSSR count). The summed E-state index contributed by atoms with van der Waals surface area (Å²) in [6.45, 7) is 2.25. The molecular formula is C12H17FN2S. The van der Waals surface area contributed by atoms with Gasteiger partial charge in [-0.3, -0.25) is 4.98 Å². The second kappa shape index (κ2) is 4.72. The molecule has 1 saturated heterocycles. The number of nitrogens with zero attached hydrogens (tertiary/aromatic N) is 1. The van der Waals surface area contributed by atoms with Gasteiger partial charge in [0.1, 0.15) is 5.82 Å². The topological polar surface area (TPSA) is 24.9 Å². The molecule has 2 nitrogen and oxygen atoms in total. The Morgan fingerprint density at radius 1 is 1.56 bits per heavy atom. The van der Waals surface area contributed by atoms with Crippen LogP contribution in [0.15, 0.2) is 18.5 Å². The van der Waals surface area contributed by atoms with Crippen molar-refractivity contribution in [1.82, 2.24) is 10.3 Å². The maximum absolute atomic E-state index is 13.2. The van der Waals surface area contributed by atoms with E-state index in [1.807, 2.05) is 18.8 Å². The molecule has 1 aromatic rings. The summed E-state index contributed by atoms with van der Waals surface area (Å²) in [5, 5.41) is 3.30. The highest BCUT2D eigenvalue weighted by molar-refractivity contribution is 8.00. The molecule has 0 bridgehead atoms. The molecule has 2 unspecified atom stereocenters. The van der Waals surface area contributed by atoms with Crippen LogP contribution in [0.1, 0.15) is 31.4 Å². The van der Waals surface area contributed by atoms with E-state index in [1.165, 1.54) is 24.8 Å². The lowest BCUT2D eigenvalue weighted by Gasteiger charge is -2.33. The Labute approximate surface area is 100 Å². The normalized spacial score (nSPS) is 26.9. The van der Waals surface area contributed by atoms with E-state index in [0.717, 1.165) is 5.56 Å². The third-order valence-corrected chi connectivity index (χ3v) is 4.80. The van der Waals surface area contributed by atoms with Crippen LogP contribution in [0.2, 0.25) is 0 Å². The fourth-order valence-corrected chi connectivity index (χ4v) is 3.90. The predicted octanol–water partition coefficient (Wildman–Crippen LogP) is 2.77. The lowest BCUT2D eigenvalue weighted by atomic mass is 9.91. The number of nitrogens with one attached hydrogen (secondary N) is 1. The number of halogens is 1. The first kappa shape index (κ1) is 11.9. The predicted molar refractivity (Wildman–Crippen MR) is 66.1 cm³/mol. The summed E-state index contributed by atoms with van der Waals surface area (Å²) in [5.41, 5.74) is 0.944. The van der Waals surface area contributed by atoms with Crippen molar-refractivity contribution in [2.75, 3.05) is 12.8 Å².